The topological polar surface area (TPSA) is 102 Å². The van der Waals surface area contributed by atoms with Crippen LogP contribution in [0, 0.1) is 0 Å². The Kier molecular flexibility index (Phi) is 8.02. The maximum absolute atomic E-state index is 13.5. The van der Waals surface area contributed by atoms with Crippen molar-refractivity contribution < 1.29 is 33.7 Å². The Labute approximate surface area is 225 Å². The smallest absolute Gasteiger partial charge is 0.338 e. The second-order valence-corrected chi connectivity index (χ2v) is 8.86. The lowest BCUT2D eigenvalue weighted by molar-refractivity contribution is -0.132. The standard InChI is InChI=1S/C29H26ClNO7/c1-4-13-38-29(35)18-11-8-12-19(14-18)31-25(17-9-6-5-7-10-17)24(27(33)28(31)34)26(32)20-15-23(37-3)21(30)16-22(20)36-2/h5-12,14-16,25,32H,4,13H2,1-3H3/b26-24+. The first kappa shape index (κ1) is 26.8. The number of esters is 1. The molecule has 1 aliphatic rings. The van der Waals surface area contributed by atoms with Crippen molar-refractivity contribution in [3.05, 3.63) is 94.0 Å². The van der Waals surface area contributed by atoms with Crippen LogP contribution >= 0.6 is 11.6 Å². The summed E-state index contributed by atoms with van der Waals surface area (Å²) in [6.45, 7) is 2.14. The highest BCUT2D eigenvalue weighted by molar-refractivity contribution is 6.51. The summed E-state index contributed by atoms with van der Waals surface area (Å²) in [5.74, 6) is -2.32. The van der Waals surface area contributed by atoms with E-state index in [-0.39, 0.29) is 39.8 Å². The van der Waals surface area contributed by atoms with Gasteiger partial charge in [-0.2, -0.15) is 0 Å². The number of amides is 1. The third-order valence-electron chi connectivity index (χ3n) is 6.09. The van der Waals surface area contributed by atoms with Crippen molar-refractivity contribution in [2.45, 2.75) is 19.4 Å². The third-order valence-corrected chi connectivity index (χ3v) is 6.38. The molecule has 3 aromatic rings. The molecule has 1 saturated heterocycles. The summed E-state index contributed by atoms with van der Waals surface area (Å²) in [6.07, 6.45) is 0.660. The molecule has 8 nitrogen and oxygen atoms in total. The number of aliphatic hydroxyl groups is 1. The monoisotopic (exact) mass is 535 g/mol. The number of hydrogen-bond acceptors (Lipinski definition) is 7. The minimum absolute atomic E-state index is 0.129. The van der Waals surface area contributed by atoms with Gasteiger partial charge in [-0.1, -0.05) is 54.9 Å². The number of ketones is 1. The van der Waals surface area contributed by atoms with Crippen molar-refractivity contribution in [1.82, 2.24) is 0 Å². The average molecular weight is 536 g/mol. The van der Waals surface area contributed by atoms with Gasteiger partial charge < -0.3 is 19.3 Å². The van der Waals surface area contributed by atoms with Gasteiger partial charge in [0.1, 0.15) is 17.3 Å². The maximum atomic E-state index is 13.5. The van der Waals surface area contributed by atoms with E-state index in [2.05, 4.69) is 0 Å². The highest BCUT2D eigenvalue weighted by Gasteiger charge is 2.47. The Morgan fingerprint density at radius 3 is 2.34 bits per heavy atom. The van der Waals surface area contributed by atoms with Crippen molar-refractivity contribution in [3.8, 4) is 11.5 Å². The number of anilines is 1. The van der Waals surface area contributed by atoms with Crippen LogP contribution in [0.15, 0.2) is 72.3 Å². The van der Waals surface area contributed by atoms with Crippen LogP contribution in [0.4, 0.5) is 5.69 Å². The molecule has 9 heteroatoms. The molecule has 1 heterocycles. The van der Waals surface area contributed by atoms with E-state index in [0.29, 0.717) is 17.7 Å². The van der Waals surface area contributed by atoms with Gasteiger partial charge >= 0.3 is 5.97 Å². The van der Waals surface area contributed by atoms with Gasteiger partial charge in [-0.15, -0.1) is 0 Å². The second-order valence-electron chi connectivity index (χ2n) is 8.45. The van der Waals surface area contributed by atoms with Crippen LogP contribution in [0.25, 0.3) is 5.76 Å². The summed E-state index contributed by atoms with van der Waals surface area (Å²) in [4.78, 5) is 40.7. The Hall–Kier alpha value is -4.30. The molecule has 38 heavy (non-hydrogen) atoms. The van der Waals surface area contributed by atoms with Crippen LogP contribution in [0.1, 0.15) is 40.9 Å². The van der Waals surface area contributed by atoms with Crippen molar-refractivity contribution >= 4 is 40.7 Å². The zero-order chi connectivity index (χ0) is 27.4. The molecule has 0 aromatic heterocycles. The van der Waals surface area contributed by atoms with E-state index in [4.69, 9.17) is 25.8 Å². The summed E-state index contributed by atoms with van der Waals surface area (Å²) in [5.41, 5.74) is 1.08. The normalized spacial score (nSPS) is 16.4. The molecule has 0 aliphatic carbocycles. The minimum atomic E-state index is -0.996. The molecule has 196 valence electrons. The van der Waals surface area contributed by atoms with E-state index >= 15 is 0 Å². The fourth-order valence-corrected chi connectivity index (χ4v) is 4.53. The molecular weight excluding hydrogens is 510 g/mol. The van der Waals surface area contributed by atoms with Crippen molar-refractivity contribution in [1.29, 1.82) is 0 Å². The molecule has 4 rings (SSSR count). The quantitative estimate of drug-likeness (QED) is 0.174. The summed E-state index contributed by atoms with van der Waals surface area (Å²) in [6, 6.07) is 17.0. The lowest BCUT2D eigenvalue weighted by atomic mass is 9.94. The number of Topliss-reactive ketones (excluding diaryl/α,β-unsaturated/α-hetero) is 1. The number of hydrogen-bond donors (Lipinski definition) is 1. The van der Waals surface area contributed by atoms with E-state index in [0.717, 1.165) is 0 Å². The third kappa shape index (κ3) is 4.95. The maximum Gasteiger partial charge on any atom is 0.338 e. The molecule has 1 fully saturated rings. The summed E-state index contributed by atoms with van der Waals surface area (Å²) in [7, 11) is 2.81. The molecule has 1 N–H and O–H groups in total. The highest BCUT2D eigenvalue weighted by Crippen LogP contribution is 2.44. The Balaban J connectivity index is 1.92. The number of rotatable bonds is 8. The molecule has 0 spiro atoms. The van der Waals surface area contributed by atoms with E-state index < -0.39 is 29.5 Å². The van der Waals surface area contributed by atoms with Gasteiger partial charge in [-0.3, -0.25) is 14.5 Å². The minimum Gasteiger partial charge on any atom is -0.507 e. The van der Waals surface area contributed by atoms with Gasteiger partial charge in [0.15, 0.2) is 0 Å². The predicted octanol–water partition coefficient (Wildman–Crippen LogP) is 5.55. The number of aliphatic hydroxyl groups excluding tert-OH is 1. The van der Waals surface area contributed by atoms with Crippen molar-refractivity contribution in [2.75, 3.05) is 25.7 Å². The van der Waals surface area contributed by atoms with E-state index in [1.165, 1.54) is 37.3 Å². The lowest BCUT2D eigenvalue weighted by Crippen LogP contribution is -2.29. The number of benzene rings is 3. The molecule has 0 radical (unpaired) electrons. The zero-order valence-corrected chi connectivity index (χ0v) is 21.8. The molecule has 1 aliphatic heterocycles. The van der Waals surface area contributed by atoms with Crippen molar-refractivity contribution in [2.24, 2.45) is 0 Å². The van der Waals surface area contributed by atoms with Crippen LogP contribution in [0.5, 0.6) is 11.5 Å². The first-order valence-electron chi connectivity index (χ1n) is 11.9. The van der Waals surface area contributed by atoms with Gasteiger partial charge in [-0.25, -0.2) is 4.79 Å². The Morgan fingerprint density at radius 1 is 0.974 bits per heavy atom. The molecular formula is C29H26ClNO7. The fourth-order valence-electron chi connectivity index (χ4n) is 4.30. The van der Waals surface area contributed by atoms with Gasteiger partial charge in [0, 0.05) is 11.8 Å². The number of nitrogens with zero attached hydrogens (tertiary/aromatic N) is 1. The van der Waals surface area contributed by atoms with E-state index in [1.807, 2.05) is 6.92 Å². The average Bonchev–Trinajstić information content (AvgIpc) is 3.21. The Bertz CT molecular complexity index is 1420. The summed E-state index contributed by atoms with van der Waals surface area (Å²) in [5, 5.41) is 11.7. The van der Waals surface area contributed by atoms with E-state index in [9.17, 15) is 19.5 Å². The van der Waals surface area contributed by atoms with Crippen LogP contribution < -0.4 is 14.4 Å². The molecule has 1 atom stereocenters. The number of methoxy groups -OCH3 is 2. The Morgan fingerprint density at radius 2 is 1.68 bits per heavy atom. The van der Waals surface area contributed by atoms with Gasteiger partial charge in [0.25, 0.3) is 11.7 Å². The second kappa shape index (κ2) is 11.4. The van der Waals surface area contributed by atoms with Crippen LogP contribution in [0.2, 0.25) is 5.02 Å². The van der Waals surface area contributed by atoms with Crippen molar-refractivity contribution in [3.63, 3.8) is 0 Å². The molecule has 0 saturated carbocycles. The SMILES string of the molecule is CCCOC(=O)c1cccc(N2C(=O)C(=O)/C(=C(/O)c3cc(OC)c(Cl)cc3OC)C2c2ccccc2)c1. The zero-order valence-electron chi connectivity index (χ0n) is 21.1. The molecule has 1 unspecified atom stereocenters. The van der Waals surface area contributed by atoms with Crippen LogP contribution in [-0.4, -0.2) is 43.6 Å². The fraction of sp³-hybridized carbons (Fsp3) is 0.207. The first-order valence-corrected chi connectivity index (χ1v) is 12.2. The predicted molar refractivity (Wildman–Crippen MR) is 143 cm³/mol. The number of halogens is 1. The number of carbonyl (C=O) groups is 3. The highest BCUT2D eigenvalue weighted by atomic mass is 35.5. The lowest BCUT2D eigenvalue weighted by Gasteiger charge is -2.26. The molecule has 0 bridgehead atoms. The first-order chi connectivity index (χ1) is 18.3. The molecule has 1 amide bonds. The van der Waals surface area contributed by atoms with Gasteiger partial charge in [0.05, 0.1) is 48.6 Å². The van der Waals surface area contributed by atoms with Gasteiger partial charge in [-0.05, 0) is 36.2 Å². The molecule has 3 aromatic carbocycles. The summed E-state index contributed by atoms with van der Waals surface area (Å²) >= 11 is 6.23. The van der Waals surface area contributed by atoms with Crippen LogP contribution in [-0.2, 0) is 14.3 Å². The number of ether oxygens (including phenoxy) is 3. The number of carbonyl (C=O) groups excluding carboxylic acids is 3. The van der Waals surface area contributed by atoms with Gasteiger partial charge in [0.2, 0.25) is 0 Å². The van der Waals surface area contributed by atoms with E-state index in [1.54, 1.807) is 48.5 Å². The van der Waals surface area contributed by atoms with Crippen LogP contribution in [0.3, 0.4) is 0 Å². The largest absolute Gasteiger partial charge is 0.507 e. The summed E-state index contributed by atoms with van der Waals surface area (Å²) < 4.78 is 15.9.